The molecule has 2 N–H and O–H groups in total. The third kappa shape index (κ3) is 4.92. The number of rotatable bonds is 5. The molecule has 1 heterocycles. The summed E-state index contributed by atoms with van der Waals surface area (Å²) in [4.78, 5) is 20.5. The number of amides is 1. The van der Waals surface area contributed by atoms with Crippen LogP contribution in [-0.2, 0) is 6.54 Å². The van der Waals surface area contributed by atoms with E-state index in [0.717, 1.165) is 5.56 Å². The highest BCUT2D eigenvalue weighted by Gasteiger charge is 2.08. The highest BCUT2D eigenvalue weighted by atomic mass is 35.5. The Kier molecular flexibility index (Phi) is 5.48. The largest absolute Gasteiger partial charge is 0.350 e. The fourth-order valence-electron chi connectivity index (χ4n) is 2.09. The fraction of sp³-hybridized carbons (Fsp3) is 0.0556. The maximum absolute atomic E-state index is 12.2. The Morgan fingerprint density at radius 3 is 2.36 bits per heavy atom. The minimum Gasteiger partial charge on any atom is -0.350 e. The molecular weight excluding hydrogens is 359 g/mol. The van der Waals surface area contributed by atoms with Crippen LogP contribution >= 0.6 is 23.2 Å². The number of nitrogens with zero attached hydrogens (tertiary/aromatic N) is 2. The van der Waals surface area contributed by atoms with Gasteiger partial charge in [-0.15, -0.1) is 0 Å². The number of hydrogen-bond donors (Lipinski definition) is 2. The molecule has 0 radical (unpaired) electrons. The number of carbonyl (C=O) groups is 1. The molecule has 0 spiro atoms. The SMILES string of the molecule is O=C(Nc1cccc(Cl)c1)c1cnc(NCc2ccc(Cl)cc2)nc1. The summed E-state index contributed by atoms with van der Waals surface area (Å²) in [5.41, 5.74) is 2.02. The molecule has 0 bridgehead atoms. The monoisotopic (exact) mass is 372 g/mol. The Hall–Kier alpha value is -2.63. The van der Waals surface area contributed by atoms with Crippen molar-refractivity contribution in [3.8, 4) is 0 Å². The molecule has 0 saturated heterocycles. The number of hydrogen-bond acceptors (Lipinski definition) is 4. The van der Waals surface area contributed by atoms with Crippen LogP contribution in [0.4, 0.5) is 11.6 Å². The number of anilines is 2. The van der Waals surface area contributed by atoms with Crippen LogP contribution in [-0.4, -0.2) is 15.9 Å². The summed E-state index contributed by atoms with van der Waals surface area (Å²) in [5, 5.41) is 7.08. The van der Waals surface area contributed by atoms with Gasteiger partial charge >= 0.3 is 0 Å². The predicted molar refractivity (Wildman–Crippen MR) is 100 cm³/mol. The molecule has 3 rings (SSSR count). The first-order chi connectivity index (χ1) is 12.1. The molecule has 0 saturated carbocycles. The Balaban J connectivity index is 1.59. The van der Waals surface area contributed by atoms with E-state index in [4.69, 9.17) is 23.2 Å². The first kappa shape index (κ1) is 17.2. The normalized spacial score (nSPS) is 10.3. The van der Waals surface area contributed by atoms with Crippen LogP contribution in [0, 0.1) is 0 Å². The van der Waals surface area contributed by atoms with Crippen molar-refractivity contribution in [1.29, 1.82) is 0 Å². The zero-order valence-corrected chi connectivity index (χ0v) is 14.6. The van der Waals surface area contributed by atoms with E-state index < -0.39 is 0 Å². The maximum Gasteiger partial charge on any atom is 0.258 e. The highest BCUT2D eigenvalue weighted by Crippen LogP contribution is 2.16. The van der Waals surface area contributed by atoms with Crippen molar-refractivity contribution in [2.75, 3.05) is 10.6 Å². The van der Waals surface area contributed by atoms with Crippen LogP contribution in [0.3, 0.4) is 0 Å². The van der Waals surface area contributed by atoms with Gasteiger partial charge < -0.3 is 10.6 Å². The van der Waals surface area contributed by atoms with Gasteiger partial charge in [0.2, 0.25) is 5.95 Å². The van der Waals surface area contributed by atoms with Crippen molar-refractivity contribution in [1.82, 2.24) is 9.97 Å². The van der Waals surface area contributed by atoms with Crippen molar-refractivity contribution in [3.63, 3.8) is 0 Å². The number of nitrogens with one attached hydrogen (secondary N) is 2. The minimum absolute atomic E-state index is 0.300. The molecule has 0 fully saturated rings. The highest BCUT2D eigenvalue weighted by molar-refractivity contribution is 6.31. The lowest BCUT2D eigenvalue weighted by Gasteiger charge is -2.07. The summed E-state index contributed by atoms with van der Waals surface area (Å²) in [6.45, 7) is 0.561. The zero-order chi connectivity index (χ0) is 17.6. The van der Waals surface area contributed by atoms with Gasteiger partial charge in [-0.05, 0) is 35.9 Å². The van der Waals surface area contributed by atoms with Crippen LogP contribution in [0.15, 0.2) is 60.9 Å². The van der Waals surface area contributed by atoms with Crippen molar-refractivity contribution in [2.45, 2.75) is 6.54 Å². The fourth-order valence-corrected chi connectivity index (χ4v) is 2.41. The molecule has 3 aromatic rings. The lowest BCUT2D eigenvalue weighted by atomic mass is 10.2. The second-order valence-electron chi connectivity index (χ2n) is 5.24. The van der Waals surface area contributed by atoms with Gasteiger partial charge in [0.1, 0.15) is 0 Å². The molecular formula is C18H14Cl2N4O. The molecule has 0 atom stereocenters. The number of halogens is 2. The van der Waals surface area contributed by atoms with Gasteiger partial charge in [0.15, 0.2) is 0 Å². The number of benzene rings is 2. The Morgan fingerprint density at radius 2 is 1.68 bits per heavy atom. The van der Waals surface area contributed by atoms with E-state index in [1.54, 1.807) is 24.3 Å². The lowest BCUT2D eigenvalue weighted by Crippen LogP contribution is -2.13. The summed E-state index contributed by atoms with van der Waals surface area (Å²) in [6.07, 6.45) is 2.94. The second-order valence-corrected chi connectivity index (χ2v) is 6.11. The van der Waals surface area contributed by atoms with E-state index in [9.17, 15) is 4.79 Å². The van der Waals surface area contributed by atoms with Gasteiger partial charge in [-0.1, -0.05) is 41.4 Å². The molecule has 0 aliphatic heterocycles. The van der Waals surface area contributed by atoms with Gasteiger partial charge in [-0.3, -0.25) is 4.79 Å². The van der Waals surface area contributed by atoms with Gasteiger partial charge in [0.05, 0.1) is 5.56 Å². The topological polar surface area (TPSA) is 66.9 Å². The summed E-state index contributed by atoms with van der Waals surface area (Å²) in [5.74, 6) is 0.140. The van der Waals surface area contributed by atoms with Gasteiger partial charge in [0.25, 0.3) is 5.91 Å². The van der Waals surface area contributed by atoms with Crippen LogP contribution in [0.25, 0.3) is 0 Å². The van der Waals surface area contributed by atoms with Crippen molar-refractivity contribution in [2.24, 2.45) is 0 Å². The standard InChI is InChI=1S/C18H14Cl2N4O/c19-14-6-4-12(5-7-14)9-21-18-22-10-13(11-23-18)17(25)24-16-3-1-2-15(20)8-16/h1-8,10-11H,9H2,(H,24,25)(H,21,22,23). The molecule has 5 nitrogen and oxygen atoms in total. The van der Waals surface area contributed by atoms with E-state index in [0.29, 0.717) is 33.8 Å². The van der Waals surface area contributed by atoms with Crippen LogP contribution in [0.5, 0.6) is 0 Å². The summed E-state index contributed by atoms with van der Waals surface area (Å²) < 4.78 is 0. The third-order valence-electron chi connectivity index (χ3n) is 3.36. The van der Waals surface area contributed by atoms with E-state index in [-0.39, 0.29) is 5.91 Å². The Morgan fingerprint density at radius 1 is 0.960 bits per heavy atom. The molecule has 126 valence electrons. The first-order valence-corrected chi connectivity index (χ1v) is 8.23. The van der Waals surface area contributed by atoms with Crippen molar-refractivity contribution < 1.29 is 4.79 Å². The molecule has 0 aliphatic rings. The van der Waals surface area contributed by atoms with E-state index in [2.05, 4.69) is 20.6 Å². The average molecular weight is 373 g/mol. The van der Waals surface area contributed by atoms with Crippen LogP contribution in [0.2, 0.25) is 10.0 Å². The predicted octanol–water partition coefficient (Wildman–Crippen LogP) is 4.65. The van der Waals surface area contributed by atoms with Crippen molar-refractivity contribution in [3.05, 3.63) is 82.1 Å². The molecule has 0 unspecified atom stereocenters. The van der Waals surface area contributed by atoms with Gasteiger partial charge in [-0.2, -0.15) is 0 Å². The second kappa shape index (κ2) is 7.96. The summed E-state index contributed by atoms with van der Waals surface area (Å²) in [7, 11) is 0. The zero-order valence-electron chi connectivity index (χ0n) is 13.0. The summed E-state index contributed by atoms with van der Waals surface area (Å²) >= 11 is 11.7. The number of aromatic nitrogens is 2. The molecule has 1 aromatic heterocycles. The van der Waals surface area contributed by atoms with E-state index in [1.165, 1.54) is 12.4 Å². The van der Waals surface area contributed by atoms with Crippen LogP contribution < -0.4 is 10.6 Å². The van der Waals surface area contributed by atoms with Crippen molar-refractivity contribution >= 4 is 40.7 Å². The molecule has 7 heteroatoms. The number of carbonyl (C=O) groups excluding carboxylic acids is 1. The lowest BCUT2D eigenvalue weighted by molar-refractivity contribution is 0.102. The molecule has 1 amide bonds. The first-order valence-electron chi connectivity index (χ1n) is 7.47. The average Bonchev–Trinajstić information content (AvgIpc) is 2.62. The minimum atomic E-state index is -0.300. The van der Waals surface area contributed by atoms with Crippen LogP contribution in [0.1, 0.15) is 15.9 Å². The quantitative estimate of drug-likeness (QED) is 0.683. The molecule has 2 aromatic carbocycles. The Bertz CT molecular complexity index is 867. The molecule has 25 heavy (non-hydrogen) atoms. The van der Waals surface area contributed by atoms with Gasteiger partial charge in [-0.25, -0.2) is 9.97 Å². The third-order valence-corrected chi connectivity index (χ3v) is 3.85. The van der Waals surface area contributed by atoms with Gasteiger partial charge in [0, 0.05) is 34.7 Å². The van der Waals surface area contributed by atoms with E-state index in [1.807, 2.05) is 24.3 Å². The molecule has 0 aliphatic carbocycles. The maximum atomic E-state index is 12.2. The Labute approximate surface area is 155 Å². The van der Waals surface area contributed by atoms with E-state index >= 15 is 0 Å². The summed E-state index contributed by atoms with van der Waals surface area (Å²) in [6, 6.07) is 14.4. The smallest absolute Gasteiger partial charge is 0.258 e.